The Bertz CT molecular complexity index is 910. The fourth-order valence-electron chi connectivity index (χ4n) is 3.19. The molecule has 1 fully saturated rings. The Labute approximate surface area is 151 Å². The molecule has 8 heteroatoms. The average molecular weight is 352 g/mol. The predicted molar refractivity (Wildman–Crippen MR) is 95.5 cm³/mol. The van der Waals surface area contributed by atoms with Gasteiger partial charge in [0, 0.05) is 44.6 Å². The lowest BCUT2D eigenvalue weighted by Crippen LogP contribution is -2.49. The number of piperazine rings is 1. The Morgan fingerprint density at radius 3 is 2.50 bits per heavy atom. The van der Waals surface area contributed by atoms with E-state index in [9.17, 15) is 4.79 Å². The van der Waals surface area contributed by atoms with Gasteiger partial charge in [0.2, 0.25) is 0 Å². The number of hydrogen-bond donors (Lipinski definition) is 0. The molecule has 3 aromatic rings. The lowest BCUT2D eigenvalue weighted by Gasteiger charge is -2.35. The Morgan fingerprint density at radius 1 is 1.08 bits per heavy atom. The van der Waals surface area contributed by atoms with Crippen molar-refractivity contribution in [1.29, 1.82) is 0 Å². The number of hydrogen-bond acceptors (Lipinski definition) is 6. The standard InChI is InChI=1S/C18H20N6O2/c1-13-10-15(14(2)26-13)18(25)23-8-6-22(7-9-23)16-11-17(20-12-19-16)24-5-3-4-21-24/h3-5,10-12H,6-9H2,1-2H3. The molecule has 1 aliphatic rings. The molecule has 0 bridgehead atoms. The number of carbonyl (C=O) groups excluding carboxylic acids is 1. The zero-order chi connectivity index (χ0) is 18.1. The van der Waals surface area contributed by atoms with E-state index in [4.69, 9.17) is 4.42 Å². The molecule has 134 valence electrons. The molecule has 4 heterocycles. The lowest BCUT2D eigenvalue weighted by atomic mass is 10.2. The van der Waals surface area contributed by atoms with E-state index in [1.807, 2.05) is 43.1 Å². The first-order chi connectivity index (χ1) is 12.6. The second kappa shape index (κ2) is 6.62. The van der Waals surface area contributed by atoms with Gasteiger partial charge in [-0.2, -0.15) is 5.10 Å². The van der Waals surface area contributed by atoms with Gasteiger partial charge in [-0.15, -0.1) is 0 Å². The van der Waals surface area contributed by atoms with Gasteiger partial charge in [0.15, 0.2) is 5.82 Å². The fourth-order valence-corrected chi connectivity index (χ4v) is 3.19. The van der Waals surface area contributed by atoms with E-state index in [0.717, 1.165) is 30.5 Å². The largest absolute Gasteiger partial charge is 0.466 e. The van der Waals surface area contributed by atoms with E-state index < -0.39 is 0 Å². The summed E-state index contributed by atoms with van der Waals surface area (Å²) < 4.78 is 7.19. The minimum Gasteiger partial charge on any atom is -0.466 e. The lowest BCUT2D eigenvalue weighted by molar-refractivity contribution is 0.0744. The number of amides is 1. The van der Waals surface area contributed by atoms with E-state index in [-0.39, 0.29) is 5.91 Å². The highest BCUT2D eigenvalue weighted by atomic mass is 16.3. The number of rotatable bonds is 3. The van der Waals surface area contributed by atoms with Crippen molar-refractivity contribution in [2.45, 2.75) is 13.8 Å². The number of anilines is 1. The number of aromatic nitrogens is 4. The van der Waals surface area contributed by atoms with E-state index in [0.29, 0.717) is 24.4 Å². The molecule has 0 saturated carbocycles. The zero-order valence-corrected chi connectivity index (χ0v) is 14.8. The molecule has 0 atom stereocenters. The van der Waals surface area contributed by atoms with Crippen LogP contribution in [0.15, 0.2) is 41.3 Å². The summed E-state index contributed by atoms with van der Waals surface area (Å²) in [4.78, 5) is 25.4. The van der Waals surface area contributed by atoms with Gasteiger partial charge in [0.25, 0.3) is 5.91 Å². The van der Waals surface area contributed by atoms with Crippen molar-refractivity contribution in [3.8, 4) is 5.82 Å². The molecule has 0 radical (unpaired) electrons. The maximum Gasteiger partial charge on any atom is 0.257 e. The smallest absolute Gasteiger partial charge is 0.257 e. The molecule has 1 saturated heterocycles. The van der Waals surface area contributed by atoms with E-state index in [2.05, 4.69) is 20.0 Å². The van der Waals surface area contributed by atoms with Crippen molar-refractivity contribution < 1.29 is 9.21 Å². The third-order valence-electron chi connectivity index (χ3n) is 4.54. The summed E-state index contributed by atoms with van der Waals surface area (Å²) in [5, 5.41) is 4.20. The summed E-state index contributed by atoms with van der Waals surface area (Å²) >= 11 is 0. The first kappa shape index (κ1) is 16.3. The average Bonchev–Trinajstić information content (AvgIpc) is 3.31. The molecule has 26 heavy (non-hydrogen) atoms. The Hall–Kier alpha value is -3.16. The topological polar surface area (TPSA) is 80.3 Å². The van der Waals surface area contributed by atoms with E-state index in [1.54, 1.807) is 17.2 Å². The second-order valence-electron chi connectivity index (χ2n) is 6.29. The molecule has 0 aromatic carbocycles. The van der Waals surface area contributed by atoms with Crippen LogP contribution in [0.4, 0.5) is 5.82 Å². The number of furan rings is 1. The van der Waals surface area contributed by atoms with Crippen molar-refractivity contribution in [3.05, 3.63) is 54.0 Å². The number of aryl methyl sites for hydroxylation is 2. The zero-order valence-electron chi connectivity index (χ0n) is 14.8. The van der Waals surface area contributed by atoms with Gasteiger partial charge in [-0.1, -0.05) is 0 Å². The molecule has 4 rings (SSSR count). The summed E-state index contributed by atoms with van der Waals surface area (Å²) in [5.74, 6) is 3.03. The minimum atomic E-state index is 0.0268. The van der Waals surface area contributed by atoms with Crippen LogP contribution in [0.5, 0.6) is 0 Å². The molecule has 0 unspecified atom stereocenters. The van der Waals surface area contributed by atoms with Crippen molar-refractivity contribution in [2.75, 3.05) is 31.1 Å². The Morgan fingerprint density at radius 2 is 1.85 bits per heavy atom. The molecular weight excluding hydrogens is 332 g/mol. The number of nitrogens with zero attached hydrogens (tertiary/aromatic N) is 6. The van der Waals surface area contributed by atoms with Gasteiger partial charge in [-0.05, 0) is 26.0 Å². The number of carbonyl (C=O) groups is 1. The normalized spacial score (nSPS) is 14.7. The SMILES string of the molecule is Cc1cc(C(=O)N2CCN(c3cc(-n4cccn4)ncn3)CC2)c(C)o1. The summed E-state index contributed by atoms with van der Waals surface area (Å²) in [6.45, 7) is 6.41. The summed E-state index contributed by atoms with van der Waals surface area (Å²) in [7, 11) is 0. The summed E-state index contributed by atoms with van der Waals surface area (Å²) in [6, 6.07) is 5.57. The molecule has 1 aliphatic heterocycles. The van der Waals surface area contributed by atoms with Gasteiger partial charge in [-0.3, -0.25) is 4.79 Å². The van der Waals surface area contributed by atoms with Crippen LogP contribution in [0.1, 0.15) is 21.9 Å². The maximum atomic E-state index is 12.7. The van der Waals surface area contributed by atoms with Crippen LogP contribution in [-0.2, 0) is 0 Å². The molecule has 0 spiro atoms. The van der Waals surface area contributed by atoms with Gasteiger partial charge < -0.3 is 14.2 Å². The highest BCUT2D eigenvalue weighted by Crippen LogP contribution is 2.19. The molecular formula is C18H20N6O2. The van der Waals surface area contributed by atoms with Crippen molar-refractivity contribution in [1.82, 2.24) is 24.6 Å². The highest BCUT2D eigenvalue weighted by Gasteiger charge is 2.25. The first-order valence-electron chi connectivity index (χ1n) is 8.55. The third kappa shape index (κ3) is 3.05. The van der Waals surface area contributed by atoms with Crippen molar-refractivity contribution >= 4 is 11.7 Å². The van der Waals surface area contributed by atoms with Gasteiger partial charge in [0.05, 0.1) is 5.56 Å². The quantitative estimate of drug-likeness (QED) is 0.715. The molecule has 0 N–H and O–H groups in total. The monoisotopic (exact) mass is 352 g/mol. The van der Waals surface area contributed by atoms with Crippen LogP contribution < -0.4 is 4.90 Å². The van der Waals surface area contributed by atoms with Crippen LogP contribution in [0, 0.1) is 13.8 Å². The highest BCUT2D eigenvalue weighted by molar-refractivity contribution is 5.95. The van der Waals surface area contributed by atoms with Crippen LogP contribution in [-0.4, -0.2) is 56.7 Å². The first-order valence-corrected chi connectivity index (χ1v) is 8.55. The molecule has 1 amide bonds. The fraction of sp³-hybridized carbons (Fsp3) is 0.333. The van der Waals surface area contributed by atoms with Crippen LogP contribution in [0.2, 0.25) is 0 Å². The molecule has 8 nitrogen and oxygen atoms in total. The van der Waals surface area contributed by atoms with Crippen LogP contribution >= 0.6 is 0 Å². The van der Waals surface area contributed by atoms with Crippen LogP contribution in [0.25, 0.3) is 5.82 Å². The van der Waals surface area contributed by atoms with E-state index in [1.165, 1.54) is 0 Å². The van der Waals surface area contributed by atoms with Crippen molar-refractivity contribution in [2.24, 2.45) is 0 Å². The molecule has 3 aromatic heterocycles. The van der Waals surface area contributed by atoms with Gasteiger partial charge in [0.1, 0.15) is 23.7 Å². The Kier molecular flexibility index (Phi) is 4.16. The summed E-state index contributed by atoms with van der Waals surface area (Å²) in [5.41, 5.74) is 0.652. The van der Waals surface area contributed by atoms with Gasteiger partial charge in [-0.25, -0.2) is 14.6 Å². The second-order valence-corrected chi connectivity index (χ2v) is 6.29. The molecule has 0 aliphatic carbocycles. The predicted octanol–water partition coefficient (Wildman–Crippen LogP) is 1.83. The summed E-state index contributed by atoms with van der Waals surface area (Å²) in [6.07, 6.45) is 5.10. The van der Waals surface area contributed by atoms with Gasteiger partial charge >= 0.3 is 0 Å². The van der Waals surface area contributed by atoms with Crippen molar-refractivity contribution in [3.63, 3.8) is 0 Å². The third-order valence-corrected chi connectivity index (χ3v) is 4.54. The Balaban J connectivity index is 1.45. The van der Waals surface area contributed by atoms with E-state index >= 15 is 0 Å². The maximum absolute atomic E-state index is 12.7. The minimum absolute atomic E-state index is 0.0268. The van der Waals surface area contributed by atoms with Crippen LogP contribution in [0.3, 0.4) is 0 Å².